The minimum atomic E-state index is -0.214. The molecule has 0 aliphatic carbocycles. The predicted molar refractivity (Wildman–Crippen MR) is 64.6 cm³/mol. The summed E-state index contributed by atoms with van der Waals surface area (Å²) in [5.41, 5.74) is 8.07. The molecule has 3 heteroatoms. The maximum absolute atomic E-state index is 11.0. The number of hydrogen-bond donors (Lipinski definition) is 1. The Morgan fingerprint density at radius 3 is 2.69 bits per heavy atom. The molecule has 0 saturated heterocycles. The molecule has 16 heavy (non-hydrogen) atoms. The Labute approximate surface area is 96.6 Å². The summed E-state index contributed by atoms with van der Waals surface area (Å²) in [4.78, 5) is 11.0. The van der Waals surface area contributed by atoms with Crippen LogP contribution in [0.4, 0.5) is 0 Å². The monoisotopic (exact) mass is 221 g/mol. The number of benzene rings is 1. The normalized spacial score (nSPS) is 12.2. The minimum Gasteiger partial charge on any atom is -0.496 e. The van der Waals surface area contributed by atoms with Gasteiger partial charge in [-0.1, -0.05) is 19.1 Å². The number of carbonyl (C=O) groups is 1. The minimum absolute atomic E-state index is 0.112. The van der Waals surface area contributed by atoms with Crippen LogP contribution in [0.5, 0.6) is 5.75 Å². The second kappa shape index (κ2) is 5.66. The van der Waals surface area contributed by atoms with Crippen LogP contribution in [0, 0.1) is 0 Å². The number of ether oxygens (including phenoxy) is 1. The summed E-state index contributed by atoms with van der Waals surface area (Å²) >= 11 is 0. The number of carbonyl (C=O) groups excluding carboxylic acids is 1. The van der Waals surface area contributed by atoms with Crippen molar-refractivity contribution in [3.63, 3.8) is 0 Å². The van der Waals surface area contributed by atoms with E-state index in [0.717, 1.165) is 23.3 Å². The van der Waals surface area contributed by atoms with E-state index in [1.54, 1.807) is 14.0 Å². The van der Waals surface area contributed by atoms with E-state index < -0.39 is 0 Å². The van der Waals surface area contributed by atoms with Crippen molar-refractivity contribution in [1.82, 2.24) is 0 Å². The van der Waals surface area contributed by atoms with Crippen molar-refractivity contribution < 1.29 is 9.53 Å². The van der Waals surface area contributed by atoms with Crippen molar-refractivity contribution in [2.45, 2.75) is 32.7 Å². The fourth-order valence-corrected chi connectivity index (χ4v) is 1.73. The first-order chi connectivity index (χ1) is 7.58. The molecule has 1 aromatic rings. The number of Topliss-reactive ketones (excluding diaryl/α,β-unsaturated/α-hetero) is 1. The van der Waals surface area contributed by atoms with E-state index in [4.69, 9.17) is 10.5 Å². The van der Waals surface area contributed by atoms with Crippen LogP contribution in [0.3, 0.4) is 0 Å². The van der Waals surface area contributed by atoms with Gasteiger partial charge in [-0.3, -0.25) is 4.79 Å². The summed E-state index contributed by atoms with van der Waals surface area (Å²) in [6.45, 7) is 3.63. The van der Waals surface area contributed by atoms with Crippen molar-refractivity contribution in [2.24, 2.45) is 5.73 Å². The second-order valence-corrected chi connectivity index (χ2v) is 3.94. The lowest BCUT2D eigenvalue weighted by atomic mass is 9.99. The van der Waals surface area contributed by atoms with E-state index in [2.05, 4.69) is 6.92 Å². The van der Waals surface area contributed by atoms with Crippen LogP contribution >= 0.6 is 0 Å². The Morgan fingerprint density at radius 2 is 2.19 bits per heavy atom. The first-order valence-electron chi connectivity index (χ1n) is 5.50. The van der Waals surface area contributed by atoms with Gasteiger partial charge < -0.3 is 10.5 Å². The van der Waals surface area contributed by atoms with Gasteiger partial charge in [0.1, 0.15) is 11.5 Å². The van der Waals surface area contributed by atoms with Crippen LogP contribution in [0.2, 0.25) is 0 Å². The zero-order valence-corrected chi connectivity index (χ0v) is 10.1. The van der Waals surface area contributed by atoms with Gasteiger partial charge in [-0.2, -0.15) is 0 Å². The molecular weight excluding hydrogens is 202 g/mol. The van der Waals surface area contributed by atoms with E-state index in [0.29, 0.717) is 6.42 Å². The molecule has 88 valence electrons. The van der Waals surface area contributed by atoms with Crippen molar-refractivity contribution >= 4 is 5.78 Å². The average Bonchev–Trinajstić information content (AvgIpc) is 2.27. The third-order valence-corrected chi connectivity index (χ3v) is 2.62. The number of hydrogen-bond acceptors (Lipinski definition) is 3. The molecule has 0 amide bonds. The molecule has 3 nitrogen and oxygen atoms in total. The highest BCUT2D eigenvalue weighted by atomic mass is 16.5. The quantitative estimate of drug-likeness (QED) is 0.829. The Hall–Kier alpha value is -1.35. The smallest absolute Gasteiger partial charge is 0.131 e. The van der Waals surface area contributed by atoms with Crippen molar-refractivity contribution in [2.75, 3.05) is 7.11 Å². The van der Waals surface area contributed by atoms with Crippen LogP contribution in [-0.2, 0) is 11.2 Å². The van der Waals surface area contributed by atoms with Gasteiger partial charge >= 0.3 is 0 Å². The zero-order valence-electron chi connectivity index (χ0n) is 10.1. The summed E-state index contributed by atoms with van der Waals surface area (Å²) in [5.74, 6) is 0.989. The average molecular weight is 221 g/mol. The fourth-order valence-electron chi connectivity index (χ4n) is 1.73. The SMILES string of the molecule is CCc1cc(C(N)CC(C)=O)ccc1OC. The van der Waals surface area contributed by atoms with Gasteiger partial charge in [0.2, 0.25) is 0 Å². The maximum Gasteiger partial charge on any atom is 0.131 e. The second-order valence-electron chi connectivity index (χ2n) is 3.94. The maximum atomic E-state index is 11.0. The number of rotatable bonds is 5. The molecule has 1 unspecified atom stereocenters. The predicted octanol–water partition coefficient (Wildman–Crippen LogP) is 2.24. The van der Waals surface area contributed by atoms with E-state index >= 15 is 0 Å². The lowest BCUT2D eigenvalue weighted by molar-refractivity contribution is -0.117. The van der Waals surface area contributed by atoms with Gasteiger partial charge in [0.25, 0.3) is 0 Å². The summed E-state index contributed by atoms with van der Waals surface area (Å²) in [6, 6.07) is 5.64. The van der Waals surface area contributed by atoms with Gasteiger partial charge in [0.05, 0.1) is 7.11 Å². The molecule has 0 spiro atoms. The summed E-state index contributed by atoms with van der Waals surface area (Å²) in [5, 5.41) is 0. The van der Waals surface area contributed by atoms with Gasteiger partial charge in [0, 0.05) is 12.5 Å². The lowest BCUT2D eigenvalue weighted by Gasteiger charge is -2.13. The Morgan fingerprint density at radius 1 is 1.50 bits per heavy atom. The zero-order chi connectivity index (χ0) is 12.1. The van der Waals surface area contributed by atoms with Crippen LogP contribution < -0.4 is 10.5 Å². The van der Waals surface area contributed by atoms with E-state index in [9.17, 15) is 4.79 Å². The van der Waals surface area contributed by atoms with Crippen LogP contribution in [0.1, 0.15) is 37.4 Å². The largest absolute Gasteiger partial charge is 0.496 e. The molecule has 0 aliphatic heterocycles. The summed E-state index contributed by atoms with van der Waals surface area (Å²) in [6.07, 6.45) is 1.28. The van der Waals surface area contributed by atoms with Gasteiger partial charge in [-0.15, -0.1) is 0 Å². The van der Waals surface area contributed by atoms with Crippen LogP contribution in [0.15, 0.2) is 18.2 Å². The molecule has 0 heterocycles. The standard InChI is InChI=1S/C13H19NO2/c1-4-10-8-11(5-6-13(10)16-3)12(14)7-9(2)15/h5-6,8,12H,4,7,14H2,1-3H3. The molecular formula is C13H19NO2. The summed E-state index contributed by atoms with van der Waals surface area (Å²) < 4.78 is 5.24. The van der Waals surface area contributed by atoms with Crippen LogP contribution in [0.25, 0.3) is 0 Å². The van der Waals surface area contributed by atoms with Crippen molar-refractivity contribution in [3.05, 3.63) is 29.3 Å². The number of ketones is 1. The number of methoxy groups -OCH3 is 1. The molecule has 0 aromatic heterocycles. The van der Waals surface area contributed by atoms with Gasteiger partial charge in [-0.05, 0) is 30.5 Å². The van der Waals surface area contributed by atoms with Crippen molar-refractivity contribution in [1.29, 1.82) is 0 Å². The molecule has 0 bridgehead atoms. The molecule has 0 fully saturated rings. The molecule has 0 saturated carbocycles. The molecule has 1 rings (SSSR count). The van der Waals surface area contributed by atoms with E-state index in [-0.39, 0.29) is 11.8 Å². The molecule has 0 radical (unpaired) electrons. The van der Waals surface area contributed by atoms with Crippen LogP contribution in [-0.4, -0.2) is 12.9 Å². The lowest BCUT2D eigenvalue weighted by Crippen LogP contribution is -2.14. The molecule has 2 N–H and O–H groups in total. The van der Waals surface area contributed by atoms with Gasteiger partial charge in [-0.25, -0.2) is 0 Å². The fraction of sp³-hybridized carbons (Fsp3) is 0.462. The molecule has 1 aromatic carbocycles. The number of aryl methyl sites for hydroxylation is 1. The highest BCUT2D eigenvalue weighted by Gasteiger charge is 2.10. The third kappa shape index (κ3) is 3.07. The first-order valence-corrected chi connectivity index (χ1v) is 5.50. The Kier molecular flexibility index (Phi) is 4.50. The molecule has 0 aliphatic rings. The van der Waals surface area contributed by atoms with E-state index in [1.165, 1.54) is 0 Å². The van der Waals surface area contributed by atoms with E-state index in [1.807, 2.05) is 18.2 Å². The van der Waals surface area contributed by atoms with Crippen molar-refractivity contribution in [3.8, 4) is 5.75 Å². The third-order valence-electron chi connectivity index (χ3n) is 2.62. The topological polar surface area (TPSA) is 52.3 Å². The highest BCUT2D eigenvalue weighted by molar-refractivity contribution is 5.76. The summed E-state index contributed by atoms with van der Waals surface area (Å²) in [7, 11) is 1.66. The van der Waals surface area contributed by atoms with Gasteiger partial charge in [0.15, 0.2) is 0 Å². The first kappa shape index (κ1) is 12.7. The highest BCUT2D eigenvalue weighted by Crippen LogP contribution is 2.24. The Bertz CT molecular complexity index is 374. The Balaban J connectivity index is 2.93. The molecule has 1 atom stereocenters. The number of nitrogens with two attached hydrogens (primary N) is 1.